The molecular formula is C11H13NSe. The zero-order valence-electron chi connectivity index (χ0n) is 7.57. The van der Waals surface area contributed by atoms with Crippen LogP contribution in [0, 0.1) is 11.3 Å². The van der Waals surface area contributed by atoms with Crippen LogP contribution >= 0.6 is 0 Å². The van der Waals surface area contributed by atoms with Crippen molar-refractivity contribution in [1.82, 2.24) is 0 Å². The third kappa shape index (κ3) is 4.72. The molecule has 68 valence electrons. The van der Waals surface area contributed by atoms with Gasteiger partial charge in [-0.25, -0.2) is 0 Å². The minimum absolute atomic E-state index is 0.658. The third-order valence-corrected chi connectivity index (χ3v) is 3.80. The van der Waals surface area contributed by atoms with Gasteiger partial charge in [-0.05, 0) is 0 Å². The van der Waals surface area contributed by atoms with Gasteiger partial charge in [-0.2, -0.15) is 0 Å². The van der Waals surface area contributed by atoms with Crippen molar-refractivity contribution >= 4 is 15.0 Å². The Kier molecular flexibility index (Phi) is 5.33. The molecule has 0 aliphatic heterocycles. The summed E-state index contributed by atoms with van der Waals surface area (Å²) in [6, 6.07) is 12.7. The van der Waals surface area contributed by atoms with Crippen molar-refractivity contribution in [3.05, 3.63) is 35.9 Å². The van der Waals surface area contributed by atoms with E-state index >= 15 is 0 Å². The van der Waals surface area contributed by atoms with E-state index in [9.17, 15) is 0 Å². The summed E-state index contributed by atoms with van der Waals surface area (Å²) >= 11 is 0.658. The Labute approximate surface area is 85.9 Å². The van der Waals surface area contributed by atoms with Crippen LogP contribution in [0.4, 0.5) is 0 Å². The van der Waals surface area contributed by atoms with Crippen LogP contribution < -0.4 is 0 Å². The van der Waals surface area contributed by atoms with Gasteiger partial charge in [0, 0.05) is 0 Å². The monoisotopic (exact) mass is 239 g/mol. The second-order valence-corrected chi connectivity index (χ2v) is 5.33. The Bertz CT molecular complexity index is 263. The maximum atomic E-state index is 8.34. The van der Waals surface area contributed by atoms with Gasteiger partial charge in [0.25, 0.3) is 0 Å². The Morgan fingerprint density at radius 2 is 1.92 bits per heavy atom. The number of hydrogen-bond donors (Lipinski definition) is 0. The van der Waals surface area contributed by atoms with E-state index in [1.54, 1.807) is 0 Å². The number of benzene rings is 1. The van der Waals surface area contributed by atoms with Crippen LogP contribution in [0.1, 0.15) is 12.0 Å². The van der Waals surface area contributed by atoms with Crippen LogP contribution in [0.25, 0.3) is 0 Å². The average Bonchev–Trinajstić information content (AvgIpc) is 2.19. The minimum atomic E-state index is 0.658. The van der Waals surface area contributed by atoms with Crippen LogP contribution in [0.5, 0.6) is 0 Å². The molecule has 0 saturated heterocycles. The molecule has 1 aromatic carbocycles. The van der Waals surface area contributed by atoms with Crippen molar-refractivity contribution in [1.29, 1.82) is 5.26 Å². The molecule has 0 spiro atoms. The first-order chi connectivity index (χ1) is 6.43. The standard InChI is InChI=1S/C11H13NSe/c12-8-4-9-13-10-7-11-5-2-1-3-6-11/h1-3,5-6H,4,7,9-10H2. The fourth-order valence-electron chi connectivity index (χ4n) is 1.05. The van der Waals surface area contributed by atoms with E-state index in [4.69, 9.17) is 5.26 Å². The molecule has 2 heteroatoms. The molecule has 0 bridgehead atoms. The number of rotatable bonds is 5. The fourth-order valence-corrected chi connectivity index (χ4v) is 2.77. The van der Waals surface area contributed by atoms with Crippen molar-refractivity contribution in [2.24, 2.45) is 0 Å². The first-order valence-electron chi connectivity index (χ1n) is 4.42. The quantitative estimate of drug-likeness (QED) is 0.571. The number of nitriles is 1. The second kappa shape index (κ2) is 6.71. The molecule has 0 aromatic heterocycles. The maximum absolute atomic E-state index is 8.34. The Morgan fingerprint density at radius 1 is 1.15 bits per heavy atom. The van der Waals surface area contributed by atoms with Gasteiger partial charge in [0.05, 0.1) is 0 Å². The summed E-state index contributed by atoms with van der Waals surface area (Å²) in [4.78, 5) is 0. The van der Waals surface area contributed by atoms with E-state index in [0.717, 1.165) is 11.7 Å². The molecule has 0 aliphatic rings. The van der Waals surface area contributed by atoms with Gasteiger partial charge in [0.1, 0.15) is 0 Å². The Balaban J connectivity index is 2.11. The molecule has 13 heavy (non-hydrogen) atoms. The van der Waals surface area contributed by atoms with Crippen molar-refractivity contribution < 1.29 is 0 Å². The Hall–Kier alpha value is -0.771. The normalized spacial score (nSPS) is 9.46. The second-order valence-electron chi connectivity index (χ2n) is 2.76. The summed E-state index contributed by atoms with van der Waals surface area (Å²) in [7, 11) is 0. The van der Waals surface area contributed by atoms with Gasteiger partial charge >= 0.3 is 85.7 Å². The van der Waals surface area contributed by atoms with Crippen molar-refractivity contribution in [2.45, 2.75) is 23.5 Å². The molecule has 0 unspecified atom stereocenters. The number of nitrogens with zero attached hydrogens (tertiary/aromatic N) is 1. The topological polar surface area (TPSA) is 23.8 Å². The van der Waals surface area contributed by atoms with Gasteiger partial charge in [0.2, 0.25) is 0 Å². The van der Waals surface area contributed by atoms with Crippen LogP contribution in [-0.2, 0) is 6.42 Å². The first-order valence-corrected chi connectivity index (χ1v) is 6.84. The molecule has 0 saturated carbocycles. The fraction of sp³-hybridized carbons (Fsp3) is 0.364. The summed E-state index contributed by atoms with van der Waals surface area (Å²) in [6.45, 7) is 0. The summed E-state index contributed by atoms with van der Waals surface area (Å²) in [6.07, 6.45) is 1.90. The predicted molar refractivity (Wildman–Crippen MR) is 55.7 cm³/mol. The zero-order valence-corrected chi connectivity index (χ0v) is 9.28. The predicted octanol–water partition coefficient (Wildman–Crippen LogP) is 2.68. The van der Waals surface area contributed by atoms with Crippen LogP contribution in [0.2, 0.25) is 10.6 Å². The molecular weight excluding hydrogens is 225 g/mol. The van der Waals surface area contributed by atoms with Crippen molar-refractivity contribution in [2.75, 3.05) is 0 Å². The van der Waals surface area contributed by atoms with Gasteiger partial charge in [0.15, 0.2) is 0 Å². The Morgan fingerprint density at radius 3 is 2.62 bits per heavy atom. The summed E-state index contributed by atoms with van der Waals surface area (Å²) in [5.74, 6) is 0. The van der Waals surface area contributed by atoms with Crippen LogP contribution in [0.3, 0.4) is 0 Å². The first kappa shape index (κ1) is 10.3. The molecule has 1 nitrogen and oxygen atoms in total. The SMILES string of the molecule is N#CCC[Se]CCc1ccccc1. The summed E-state index contributed by atoms with van der Waals surface area (Å²) in [5.41, 5.74) is 1.42. The molecule has 0 amide bonds. The molecule has 0 N–H and O–H groups in total. The van der Waals surface area contributed by atoms with Crippen LogP contribution in [-0.4, -0.2) is 15.0 Å². The molecule has 1 aromatic rings. The van der Waals surface area contributed by atoms with E-state index in [-0.39, 0.29) is 0 Å². The van der Waals surface area contributed by atoms with E-state index in [1.165, 1.54) is 17.3 Å². The van der Waals surface area contributed by atoms with Crippen molar-refractivity contribution in [3.63, 3.8) is 0 Å². The molecule has 0 aliphatic carbocycles. The molecule has 0 heterocycles. The molecule has 0 radical (unpaired) electrons. The number of hydrogen-bond acceptors (Lipinski definition) is 1. The van der Waals surface area contributed by atoms with Gasteiger partial charge < -0.3 is 0 Å². The molecule has 0 fully saturated rings. The number of aryl methyl sites for hydroxylation is 1. The van der Waals surface area contributed by atoms with E-state index < -0.39 is 0 Å². The van der Waals surface area contributed by atoms with Gasteiger partial charge in [-0.3, -0.25) is 0 Å². The summed E-state index contributed by atoms with van der Waals surface area (Å²) < 4.78 is 0. The van der Waals surface area contributed by atoms with Crippen LogP contribution in [0.15, 0.2) is 30.3 Å². The van der Waals surface area contributed by atoms with E-state index in [2.05, 4.69) is 30.3 Å². The van der Waals surface area contributed by atoms with E-state index in [1.807, 2.05) is 6.07 Å². The van der Waals surface area contributed by atoms with Gasteiger partial charge in [-0.1, -0.05) is 0 Å². The van der Waals surface area contributed by atoms with Gasteiger partial charge in [-0.15, -0.1) is 0 Å². The summed E-state index contributed by atoms with van der Waals surface area (Å²) in [5, 5.41) is 10.7. The van der Waals surface area contributed by atoms with E-state index in [0.29, 0.717) is 15.0 Å². The molecule has 0 atom stereocenters. The molecule has 1 rings (SSSR count). The van der Waals surface area contributed by atoms with Crippen molar-refractivity contribution in [3.8, 4) is 6.07 Å². The third-order valence-electron chi connectivity index (χ3n) is 1.74. The average molecular weight is 238 g/mol. The zero-order chi connectivity index (χ0) is 9.36.